The topological polar surface area (TPSA) is 47.6 Å². The summed E-state index contributed by atoms with van der Waals surface area (Å²) in [5, 5.41) is 19.3. The molecule has 3 rings (SSSR count). The lowest BCUT2D eigenvalue weighted by Crippen LogP contribution is -2.27. The summed E-state index contributed by atoms with van der Waals surface area (Å²) in [7, 11) is 0. The monoisotopic (exact) mass is 284 g/mol. The van der Waals surface area contributed by atoms with Gasteiger partial charge in [-0.25, -0.2) is 0 Å². The van der Waals surface area contributed by atoms with Gasteiger partial charge in [-0.15, -0.1) is 0 Å². The summed E-state index contributed by atoms with van der Waals surface area (Å²) in [5.74, 6) is -0.697. The first-order valence-corrected chi connectivity index (χ1v) is 7.42. The van der Waals surface area contributed by atoms with Gasteiger partial charge in [-0.3, -0.25) is 0 Å². The van der Waals surface area contributed by atoms with Crippen LogP contribution in [-0.2, 0) is 0 Å². The standard InChI is InChI=1S/C20H16N2/c21-13-19-17(15-7-3-1-4-8-15)11-12-18(20(19)14-22)16-9-5-2-6-10-16/h1-12,17-20H. The van der Waals surface area contributed by atoms with E-state index in [1.165, 1.54) is 0 Å². The van der Waals surface area contributed by atoms with Crippen LogP contribution in [0.15, 0.2) is 72.8 Å². The zero-order valence-corrected chi connectivity index (χ0v) is 12.1. The number of benzene rings is 2. The Hall–Kier alpha value is -2.84. The molecule has 0 amide bonds. The molecule has 0 radical (unpaired) electrons. The second-order valence-corrected chi connectivity index (χ2v) is 5.57. The molecule has 0 spiro atoms. The molecule has 0 aromatic heterocycles. The number of nitrogens with zero attached hydrogens (tertiary/aromatic N) is 2. The van der Waals surface area contributed by atoms with Crippen molar-refractivity contribution in [2.45, 2.75) is 11.8 Å². The Morgan fingerprint density at radius 3 is 1.27 bits per heavy atom. The highest BCUT2D eigenvalue weighted by molar-refractivity contribution is 5.37. The molecule has 0 aliphatic heterocycles. The lowest BCUT2D eigenvalue weighted by molar-refractivity contribution is 0.402. The molecule has 4 unspecified atom stereocenters. The first-order chi connectivity index (χ1) is 10.8. The molecule has 2 aromatic rings. The van der Waals surface area contributed by atoms with Crippen molar-refractivity contribution < 1.29 is 0 Å². The summed E-state index contributed by atoms with van der Waals surface area (Å²) < 4.78 is 0. The van der Waals surface area contributed by atoms with E-state index in [9.17, 15) is 10.5 Å². The molecule has 0 fully saturated rings. The SMILES string of the molecule is N#CC1C(c2ccccc2)C=CC(c2ccccc2)C1C#N. The van der Waals surface area contributed by atoms with Crippen molar-refractivity contribution in [3.05, 3.63) is 83.9 Å². The van der Waals surface area contributed by atoms with Crippen LogP contribution in [0.25, 0.3) is 0 Å². The third-order valence-electron chi connectivity index (χ3n) is 4.35. The van der Waals surface area contributed by atoms with E-state index >= 15 is 0 Å². The van der Waals surface area contributed by atoms with Crippen molar-refractivity contribution >= 4 is 0 Å². The minimum atomic E-state index is -0.331. The maximum Gasteiger partial charge on any atom is 0.0733 e. The Labute approximate surface area is 130 Å². The van der Waals surface area contributed by atoms with Crippen LogP contribution in [-0.4, -0.2) is 0 Å². The predicted octanol–water partition coefficient (Wildman–Crippen LogP) is 4.40. The van der Waals surface area contributed by atoms with Gasteiger partial charge in [0.05, 0.1) is 24.0 Å². The van der Waals surface area contributed by atoms with Gasteiger partial charge in [0.15, 0.2) is 0 Å². The first kappa shape index (κ1) is 14.1. The van der Waals surface area contributed by atoms with Gasteiger partial charge in [0, 0.05) is 11.8 Å². The second kappa shape index (κ2) is 6.29. The number of hydrogen-bond donors (Lipinski definition) is 0. The van der Waals surface area contributed by atoms with E-state index in [1.54, 1.807) is 0 Å². The number of hydrogen-bond acceptors (Lipinski definition) is 2. The first-order valence-electron chi connectivity index (χ1n) is 7.42. The summed E-state index contributed by atoms with van der Waals surface area (Å²) in [6.07, 6.45) is 4.18. The Morgan fingerprint density at radius 2 is 0.955 bits per heavy atom. The van der Waals surface area contributed by atoms with E-state index < -0.39 is 0 Å². The molecule has 0 N–H and O–H groups in total. The smallest absolute Gasteiger partial charge is 0.0733 e. The third kappa shape index (κ3) is 2.52. The van der Waals surface area contributed by atoms with Gasteiger partial charge >= 0.3 is 0 Å². The van der Waals surface area contributed by atoms with Crippen molar-refractivity contribution in [3.63, 3.8) is 0 Å². The molecule has 1 aliphatic rings. The highest BCUT2D eigenvalue weighted by Crippen LogP contribution is 2.43. The number of nitriles is 2. The van der Waals surface area contributed by atoms with Gasteiger partial charge in [0.1, 0.15) is 0 Å². The molecule has 0 bridgehead atoms. The molecule has 1 aliphatic carbocycles. The lowest BCUT2D eigenvalue weighted by Gasteiger charge is -2.32. The molecule has 0 saturated carbocycles. The Morgan fingerprint density at radius 1 is 0.591 bits per heavy atom. The molecular weight excluding hydrogens is 268 g/mol. The van der Waals surface area contributed by atoms with Crippen LogP contribution in [0.1, 0.15) is 23.0 Å². The highest BCUT2D eigenvalue weighted by Gasteiger charge is 2.38. The van der Waals surface area contributed by atoms with E-state index in [-0.39, 0.29) is 23.7 Å². The Balaban J connectivity index is 2.02. The zero-order chi connectivity index (χ0) is 15.4. The highest BCUT2D eigenvalue weighted by atomic mass is 14.4. The van der Waals surface area contributed by atoms with Crippen molar-refractivity contribution in [2.75, 3.05) is 0 Å². The van der Waals surface area contributed by atoms with E-state index in [1.807, 2.05) is 60.7 Å². The molecular formula is C20H16N2. The normalized spacial score (nSPS) is 26.8. The summed E-state index contributed by atoms with van der Waals surface area (Å²) in [6.45, 7) is 0. The Bertz CT molecular complexity index is 669. The minimum absolute atomic E-state index is 0.0178. The average Bonchev–Trinajstić information content (AvgIpc) is 2.61. The Kier molecular flexibility index (Phi) is 4.03. The number of rotatable bonds is 2. The van der Waals surface area contributed by atoms with E-state index in [2.05, 4.69) is 24.3 Å². The molecule has 0 saturated heterocycles. The molecule has 2 heteroatoms. The molecule has 4 atom stereocenters. The van der Waals surface area contributed by atoms with Gasteiger partial charge in [0.2, 0.25) is 0 Å². The van der Waals surface area contributed by atoms with Crippen molar-refractivity contribution in [1.82, 2.24) is 0 Å². The maximum atomic E-state index is 9.65. The van der Waals surface area contributed by atoms with Crippen LogP contribution < -0.4 is 0 Å². The van der Waals surface area contributed by atoms with Gasteiger partial charge in [-0.1, -0.05) is 72.8 Å². The summed E-state index contributed by atoms with van der Waals surface area (Å²) in [4.78, 5) is 0. The van der Waals surface area contributed by atoms with Gasteiger partial charge in [-0.05, 0) is 11.1 Å². The largest absolute Gasteiger partial charge is 0.198 e. The molecule has 0 heterocycles. The van der Waals surface area contributed by atoms with Crippen LogP contribution in [0, 0.1) is 34.5 Å². The van der Waals surface area contributed by atoms with Gasteiger partial charge < -0.3 is 0 Å². The average molecular weight is 284 g/mol. The minimum Gasteiger partial charge on any atom is -0.198 e. The quantitative estimate of drug-likeness (QED) is 0.767. The van der Waals surface area contributed by atoms with Crippen LogP contribution in [0.3, 0.4) is 0 Å². The fourth-order valence-electron chi connectivity index (χ4n) is 3.23. The van der Waals surface area contributed by atoms with Crippen LogP contribution in [0.2, 0.25) is 0 Å². The van der Waals surface area contributed by atoms with Crippen molar-refractivity contribution in [2.24, 2.45) is 11.8 Å². The number of allylic oxidation sites excluding steroid dienone is 2. The molecule has 106 valence electrons. The molecule has 22 heavy (non-hydrogen) atoms. The predicted molar refractivity (Wildman–Crippen MR) is 85.7 cm³/mol. The van der Waals surface area contributed by atoms with Crippen LogP contribution in [0.5, 0.6) is 0 Å². The van der Waals surface area contributed by atoms with Gasteiger partial charge in [0.25, 0.3) is 0 Å². The second-order valence-electron chi connectivity index (χ2n) is 5.57. The van der Waals surface area contributed by atoms with Crippen molar-refractivity contribution in [1.29, 1.82) is 10.5 Å². The van der Waals surface area contributed by atoms with Crippen LogP contribution >= 0.6 is 0 Å². The van der Waals surface area contributed by atoms with Crippen LogP contribution in [0.4, 0.5) is 0 Å². The molecule has 2 nitrogen and oxygen atoms in total. The summed E-state index contributed by atoms with van der Waals surface area (Å²) in [6, 6.07) is 24.7. The summed E-state index contributed by atoms with van der Waals surface area (Å²) >= 11 is 0. The van der Waals surface area contributed by atoms with E-state index in [0.29, 0.717) is 0 Å². The summed E-state index contributed by atoms with van der Waals surface area (Å²) in [5.41, 5.74) is 2.19. The zero-order valence-electron chi connectivity index (χ0n) is 12.1. The maximum absolute atomic E-state index is 9.65. The van der Waals surface area contributed by atoms with E-state index in [4.69, 9.17) is 0 Å². The van der Waals surface area contributed by atoms with Gasteiger partial charge in [-0.2, -0.15) is 10.5 Å². The fraction of sp³-hybridized carbons (Fsp3) is 0.200. The lowest BCUT2D eigenvalue weighted by atomic mass is 9.68. The fourth-order valence-corrected chi connectivity index (χ4v) is 3.23. The third-order valence-corrected chi connectivity index (χ3v) is 4.35. The van der Waals surface area contributed by atoms with Crippen molar-refractivity contribution in [3.8, 4) is 12.1 Å². The molecule has 2 aromatic carbocycles. The van der Waals surface area contributed by atoms with E-state index in [0.717, 1.165) is 11.1 Å².